The van der Waals surface area contributed by atoms with Gasteiger partial charge in [-0.15, -0.1) is 0 Å². The van der Waals surface area contributed by atoms with E-state index in [1.54, 1.807) is 17.8 Å². The maximum Gasteiger partial charge on any atom is 0.341 e. The Morgan fingerprint density at radius 2 is 1.95 bits per heavy atom. The number of aromatic nitrogens is 2. The Morgan fingerprint density at radius 1 is 1.29 bits per heavy atom. The van der Waals surface area contributed by atoms with Crippen LogP contribution >= 0.6 is 0 Å². The summed E-state index contributed by atoms with van der Waals surface area (Å²) in [5.41, 5.74) is 0.382. The summed E-state index contributed by atoms with van der Waals surface area (Å²) < 4.78 is 6.47. The Balaban J connectivity index is 2.03. The first kappa shape index (κ1) is 15.5. The molecule has 1 atom stereocenters. The van der Waals surface area contributed by atoms with Crippen molar-refractivity contribution >= 4 is 11.9 Å². The molecule has 0 radical (unpaired) electrons. The number of amides is 1. The predicted octanol–water partition coefficient (Wildman–Crippen LogP) is 2.02. The molecule has 1 aromatic heterocycles. The molecule has 0 aliphatic carbocycles. The van der Waals surface area contributed by atoms with Gasteiger partial charge >= 0.3 is 5.97 Å². The molecule has 2 rings (SSSR count). The van der Waals surface area contributed by atoms with Crippen molar-refractivity contribution in [3.8, 4) is 0 Å². The Bertz CT molecular complexity index is 490. The topological polar surface area (TPSA) is 64.4 Å². The van der Waals surface area contributed by atoms with Gasteiger partial charge in [0.05, 0.1) is 18.4 Å². The number of likely N-dealkylation sites (tertiary alicyclic amines) is 1. The monoisotopic (exact) mass is 293 g/mol. The number of carbonyl (C=O) groups excluding carboxylic acids is 2. The quantitative estimate of drug-likeness (QED) is 0.797. The molecule has 116 valence electrons. The molecule has 6 heteroatoms. The highest BCUT2D eigenvalue weighted by Crippen LogP contribution is 2.16. The van der Waals surface area contributed by atoms with Crippen molar-refractivity contribution in [2.45, 2.75) is 45.6 Å². The van der Waals surface area contributed by atoms with E-state index in [0.29, 0.717) is 12.2 Å². The van der Waals surface area contributed by atoms with Crippen molar-refractivity contribution in [3.05, 3.63) is 18.0 Å². The molecule has 1 aliphatic heterocycles. The normalized spacial score (nSPS) is 17.1. The summed E-state index contributed by atoms with van der Waals surface area (Å²) in [5, 5.41) is 4.13. The van der Waals surface area contributed by atoms with E-state index in [9.17, 15) is 9.59 Å². The van der Waals surface area contributed by atoms with Gasteiger partial charge in [-0.1, -0.05) is 12.8 Å². The van der Waals surface area contributed by atoms with E-state index in [-0.39, 0.29) is 5.91 Å². The van der Waals surface area contributed by atoms with Crippen molar-refractivity contribution in [2.75, 3.05) is 19.7 Å². The second kappa shape index (κ2) is 7.24. The third-order valence-corrected chi connectivity index (χ3v) is 3.78. The van der Waals surface area contributed by atoms with E-state index < -0.39 is 12.0 Å². The molecule has 0 aromatic carbocycles. The lowest BCUT2D eigenvalue weighted by molar-refractivity contribution is -0.134. The average molecular weight is 293 g/mol. The first-order valence-electron chi connectivity index (χ1n) is 7.63. The van der Waals surface area contributed by atoms with Crippen LogP contribution in [0.3, 0.4) is 0 Å². The van der Waals surface area contributed by atoms with Gasteiger partial charge in [0.2, 0.25) is 5.91 Å². The Kier molecular flexibility index (Phi) is 5.36. The Morgan fingerprint density at radius 3 is 2.57 bits per heavy atom. The fraction of sp³-hybridized carbons (Fsp3) is 0.667. The molecule has 0 saturated carbocycles. The molecule has 6 nitrogen and oxygen atoms in total. The average Bonchev–Trinajstić information content (AvgIpc) is 2.82. The van der Waals surface area contributed by atoms with E-state index in [2.05, 4.69) is 5.10 Å². The minimum atomic E-state index is -0.404. The lowest BCUT2D eigenvalue weighted by atomic mass is 10.2. The highest BCUT2D eigenvalue weighted by molar-refractivity contribution is 5.89. The lowest BCUT2D eigenvalue weighted by Crippen LogP contribution is -2.37. The van der Waals surface area contributed by atoms with Crippen molar-refractivity contribution in [1.82, 2.24) is 14.7 Å². The van der Waals surface area contributed by atoms with Gasteiger partial charge in [0.1, 0.15) is 6.04 Å². The van der Waals surface area contributed by atoms with E-state index in [1.807, 2.05) is 11.8 Å². The first-order chi connectivity index (χ1) is 10.1. The standard InChI is InChI=1S/C15H23N3O3/c1-3-21-15(20)13-10-16-18(11-13)12(2)14(19)17-8-6-4-5-7-9-17/h10-12H,3-9H2,1-2H3. The largest absolute Gasteiger partial charge is 0.462 e. The van der Waals surface area contributed by atoms with Gasteiger partial charge in [-0.3, -0.25) is 9.48 Å². The summed E-state index contributed by atoms with van der Waals surface area (Å²) in [4.78, 5) is 26.0. The number of esters is 1. The Hall–Kier alpha value is -1.85. The number of ether oxygens (including phenoxy) is 1. The van der Waals surface area contributed by atoms with E-state index in [4.69, 9.17) is 4.74 Å². The summed E-state index contributed by atoms with van der Waals surface area (Å²) in [6.07, 6.45) is 7.53. The van der Waals surface area contributed by atoms with Crippen molar-refractivity contribution in [2.24, 2.45) is 0 Å². The van der Waals surface area contributed by atoms with Gasteiger partial charge in [-0.2, -0.15) is 5.10 Å². The minimum Gasteiger partial charge on any atom is -0.462 e. The smallest absolute Gasteiger partial charge is 0.341 e. The zero-order chi connectivity index (χ0) is 15.2. The van der Waals surface area contributed by atoms with Crippen LogP contribution in [0.2, 0.25) is 0 Å². The minimum absolute atomic E-state index is 0.0652. The van der Waals surface area contributed by atoms with Crippen molar-refractivity contribution in [1.29, 1.82) is 0 Å². The number of nitrogens with zero attached hydrogens (tertiary/aromatic N) is 3. The maximum absolute atomic E-state index is 12.5. The molecule has 0 N–H and O–H groups in total. The fourth-order valence-corrected chi connectivity index (χ4v) is 2.54. The van der Waals surface area contributed by atoms with Crippen LogP contribution in [0.5, 0.6) is 0 Å². The molecule has 1 aliphatic rings. The molecule has 2 heterocycles. The van der Waals surface area contributed by atoms with Gasteiger partial charge in [-0.25, -0.2) is 4.79 Å². The summed E-state index contributed by atoms with van der Waals surface area (Å²) in [7, 11) is 0. The van der Waals surface area contributed by atoms with Crippen LogP contribution < -0.4 is 0 Å². The van der Waals surface area contributed by atoms with Gasteiger partial charge in [0.15, 0.2) is 0 Å². The van der Waals surface area contributed by atoms with E-state index >= 15 is 0 Å². The SMILES string of the molecule is CCOC(=O)c1cnn(C(C)C(=O)N2CCCCCC2)c1. The number of rotatable bonds is 4. The van der Waals surface area contributed by atoms with Crippen molar-refractivity contribution < 1.29 is 14.3 Å². The predicted molar refractivity (Wildman–Crippen MR) is 77.9 cm³/mol. The van der Waals surface area contributed by atoms with Crippen LogP contribution in [0.25, 0.3) is 0 Å². The lowest BCUT2D eigenvalue weighted by Gasteiger charge is -2.24. The molecular formula is C15H23N3O3. The molecule has 1 aromatic rings. The highest BCUT2D eigenvalue weighted by atomic mass is 16.5. The molecule has 0 bridgehead atoms. The third kappa shape index (κ3) is 3.83. The second-order valence-corrected chi connectivity index (χ2v) is 5.34. The van der Waals surface area contributed by atoms with E-state index in [1.165, 1.54) is 19.0 Å². The van der Waals surface area contributed by atoms with Crippen LogP contribution in [-0.4, -0.2) is 46.3 Å². The van der Waals surface area contributed by atoms with Crippen LogP contribution in [-0.2, 0) is 9.53 Å². The second-order valence-electron chi connectivity index (χ2n) is 5.34. The summed E-state index contributed by atoms with van der Waals surface area (Å²) in [6.45, 7) is 5.53. The first-order valence-corrected chi connectivity index (χ1v) is 7.63. The van der Waals surface area contributed by atoms with Crippen molar-refractivity contribution in [3.63, 3.8) is 0 Å². The number of hydrogen-bond acceptors (Lipinski definition) is 4. The van der Waals surface area contributed by atoms with Gasteiger partial charge in [-0.05, 0) is 26.7 Å². The molecule has 1 saturated heterocycles. The third-order valence-electron chi connectivity index (χ3n) is 3.78. The number of carbonyl (C=O) groups is 2. The molecule has 1 fully saturated rings. The van der Waals surface area contributed by atoms with Gasteiger partial charge in [0, 0.05) is 19.3 Å². The van der Waals surface area contributed by atoms with Crippen LogP contribution in [0.4, 0.5) is 0 Å². The zero-order valence-electron chi connectivity index (χ0n) is 12.7. The Labute approximate surface area is 125 Å². The summed E-state index contributed by atoms with van der Waals surface area (Å²) in [5.74, 6) is -0.339. The molecule has 0 spiro atoms. The van der Waals surface area contributed by atoms with Crippen LogP contribution in [0, 0.1) is 0 Å². The highest BCUT2D eigenvalue weighted by Gasteiger charge is 2.24. The van der Waals surface area contributed by atoms with Crippen LogP contribution in [0.15, 0.2) is 12.4 Å². The van der Waals surface area contributed by atoms with Gasteiger partial charge in [0.25, 0.3) is 0 Å². The fourth-order valence-electron chi connectivity index (χ4n) is 2.54. The molecule has 1 unspecified atom stereocenters. The number of hydrogen-bond donors (Lipinski definition) is 0. The molecule has 21 heavy (non-hydrogen) atoms. The summed E-state index contributed by atoms with van der Waals surface area (Å²) >= 11 is 0. The van der Waals surface area contributed by atoms with Gasteiger partial charge < -0.3 is 9.64 Å². The molecular weight excluding hydrogens is 270 g/mol. The summed E-state index contributed by atoms with van der Waals surface area (Å²) in [6, 6.07) is -0.397. The maximum atomic E-state index is 12.5. The molecule has 1 amide bonds. The van der Waals surface area contributed by atoms with E-state index in [0.717, 1.165) is 25.9 Å². The van der Waals surface area contributed by atoms with Crippen LogP contribution in [0.1, 0.15) is 55.9 Å². The zero-order valence-corrected chi connectivity index (χ0v) is 12.7.